The maximum absolute atomic E-state index is 14.3. The molecule has 5 aromatic heterocycles. The van der Waals surface area contributed by atoms with E-state index in [-0.39, 0.29) is 52.2 Å². The number of pyridine rings is 2. The summed E-state index contributed by atoms with van der Waals surface area (Å²) in [5.74, 6) is -1.67. The molecule has 4 aliphatic rings. The number of nitriles is 2. The van der Waals surface area contributed by atoms with Gasteiger partial charge < -0.3 is 0 Å². The third-order valence-corrected chi connectivity index (χ3v) is 17.4. The molecule has 0 bridgehead atoms. The number of hydrogen-bond acceptors (Lipinski definition) is 10. The van der Waals surface area contributed by atoms with Crippen molar-refractivity contribution in [2.24, 2.45) is 23.7 Å². The van der Waals surface area contributed by atoms with Gasteiger partial charge >= 0.3 is 0 Å². The minimum Gasteiger partial charge on any atom is -0.293 e. The molecule has 0 unspecified atom stereocenters. The molecule has 0 fully saturated rings. The largest absolute Gasteiger partial charge is 0.293 e. The van der Waals surface area contributed by atoms with Crippen LogP contribution in [0.15, 0.2) is 152 Å². The number of fused-ring (bicyclic) bond motifs is 6. The number of halogens is 2. The Morgan fingerprint density at radius 3 is 1.71 bits per heavy atom. The number of hydrogen-bond donors (Lipinski definition) is 0. The number of carbonyl (C=O) groups excluding carboxylic acids is 2. The smallest absolute Gasteiger partial charge is 0.176 e. The van der Waals surface area contributed by atoms with Crippen LogP contribution in [0.3, 0.4) is 0 Å². The lowest BCUT2D eigenvalue weighted by Gasteiger charge is -2.46. The van der Waals surface area contributed by atoms with Gasteiger partial charge in [0.05, 0.1) is 51.5 Å². The molecular weight excluding hydrogens is 991 g/mol. The molecule has 0 radical (unpaired) electrons. The van der Waals surface area contributed by atoms with Gasteiger partial charge in [0, 0.05) is 75.3 Å². The predicted octanol–water partition coefficient (Wildman–Crippen LogP) is 12.7. The second-order valence-electron chi connectivity index (χ2n) is 22.0. The molecule has 14 heteroatoms. The number of nitrogens with zero attached hydrogens (tertiary/aromatic N) is 10. The fourth-order valence-corrected chi connectivity index (χ4v) is 13.8. The highest BCUT2D eigenvalue weighted by molar-refractivity contribution is 6.03. The summed E-state index contributed by atoms with van der Waals surface area (Å²) in [4.78, 5) is 45.4. The van der Waals surface area contributed by atoms with Crippen LogP contribution in [0.4, 0.5) is 8.78 Å². The van der Waals surface area contributed by atoms with Gasteiger partial charge in [0.2, 0.25) is 0 Å². The van der Waals surface area contributed by atoms with Gasteiger partial charge in [0.1, 0.15) is 35.8 Å². The molecular formula is C65H56F2N10O2. The van der Waals surface area contributed by atoms with Crippen molar-refractivity contribution in [1.82, 2.24) is 39.5 Å². The van der Waals surface area contributed by atoms with Crippen LogP contribution in [0.1, 0.15) is 93.8 Å². The molecule has 79 heavy (non-hydrogen) atoms. The molecule has 8 aromatic rings. The lowest BCUT2D eigenvalue weighted by Crippen LogP contribution is -2.47. The molecule has 5 heterocycles. The fourth-order valence-electron chi connectivity index (χ4n) is 13.8. The van der Waals surface area contributed by atoms with Crippen LogP contribution < -0.4 is 0 Å². The van der Waals surface area contributed by atoms with E-state index in [9.17, 15) is 28.9 Å². The van der Waals surface area contributed by atoms with Crippen LogP contribution in [0.5, 0.6) is 0 Å². The second-order valence-corrected chi connectivity index (χ2v) is 22.0. The molecule has 12 rings (SSSR count). The summed E-state index contributed by atoms with van der Waals surface area (Å²) < 4.78 is 32.3. The van der Waals surface area contributed by atoms with E-state index in [1.54, 1.807) is 24.5 Å². The van der Waals surface area contributed by atoms with Gasteiger partial charge in [-0.05, 0) is 147 Å². The number of aromatic nitrogens is 8. The summed E-state index contributed by atoms with van der Waals surface area (Å²) in [6.45, 7) is 6.36. The van der Waals surface area contributed by atoms with Crippen LogP contribution in [0.2, 0.25) is 0 Å². The third kappa shape index (κ3) is 8.89. The minimum atomic E-state index is -0.720. The van der Waals surface area contributed by atoms with E-state index in [1.165, 1.54) is 30.7 Å². The molecule has 4 aliphatic carbocycles. The molecule has 3 aromatic carbocycles. The Kier molecular flexibility index (Phi) is 13.2. The Morgan fingerprint density at radius 2 is 1.15 bits per heavy atom. The van der Waals surface area contributed by atoms with Gasteiger partial charge in [-0.15, -0.1) is 0 Å². The van der Waals surface area contributed by atoms with E-state index in [1.807, 2.05) is 76.4 Å². The van der Waals surface area contributed by atoms with E-state index in [2.05, 4.69) is 71.0 Å². The Hall–Kier alpha value is -8.88. The topological polar surface area (TPSA) is 169 Å². The SMILES string of the molecule is CCC[C@H]1C(=O)C(C#N)=C[C@@]2(C)c3c(c(-c4ccc(F)cc4)nn3-c3ccc(-c4cncc(CCCC[C@H]5C(=O)C(C#N)=C[C@@]6(C)c7c(c(-c8ccncn8)nn7-c7ccc(-c8cncc(F)c8)cc7)CC[C@H]56)c4)cc3)CC[C@H]12. The standard InChI is InChI=1S/C65H56F2N10O2/c1-4-7-51-55-24-22-53-58(42-10-16-47(66)17-11-42)74-76(62(53)64(55,2)30-45(32-68)60(51)78)49-18-12-40(13-19-49)43-28-39(34-71-35-43)8-5-6-9-52-56-25-23-54-59(57-26-27-70-38-73-57)75-77(63(54)65(56,3)31-46(33-69)61(52)79)50-20-14-41(15-21-50)44-29-48(67)37-72-36-44/h10-21,26-31,34-38,51-52,55-56H,4-9,22-25H2,1-3H3/t51-,52-,55-,56-,64-,65-/m1/s1. The minimum absolute atomic E-state index is 0.00909. The summed E-state index contributed by atoms with van der Waals surface area (Å²) in [6, 6.07) is 32.3. The average molecular weight is 1050 g/mol. The lowest BCUT2D eigenvalue weighted by atomic mass is 9.56. The first-order valence-corrected chi connectivity index (χ1v) is 27.3. The first kappa shape index (κ1) is 50.9. The summed E-state index contributed by atoms with van der Waals surface area (Å²) >= 11 is 0. The number of rotatable bonds is 13. The maximum Gasteiger partial charge on any atom is 0.176 e. The zero-order chi connectivity index (χ0) is 54.6. The lowest BCUT2D eigenvalue weighted by molar-refractivity contribution is -0.123. The summed E-state index contributed by atoms with van der Waals surface area (Å²) in [7, 11) is 0. The van der Waals surface area contributed by atoms with Crippen molar-refractivity contribution in [2.75, 3.05) is 0 Å². The summed E-state index contributed by atoms with van der Waals surface area (Å²) in [6.07, 6.45) is 20.9. The van der Waals surface area contributed by atoms with Gasteiger partial charge in [-0.2, -0.15) is 20.7 Å². The molecule has 0 amide bonds. The van der Waals surface area contributed by atoms with E-state index < -0.39 is 16.6 Å². The molecule has 0 aliphatic heterocycles. The van der Waals surface area contributed by atoms with Crippen molar-refractivity contribution < 1.29 is 18.4 Å². The van der Waals surface area contributed by atoms with Gasteiger partial charge in [-0.1, -0.05) is 70.0 Å². The fraction of sp³-hybridized carbons (Fsp3) is 0.292. The van der Waals surface area contributed by atoms with Gasteiger partial charge in [-0.25, -0.2) is 28.1 Å². The van der Waals surface area contributed by atoms with Crippen molar-refractivity contribution in [3.05, 3.63) is 191 Å². The number of Topliss-reactive ketones (excluding diaryl/α,β-unsaturated/α-hetero) is 2. The summed E-state index contributed by atoms with van der Waals surface area (Å²) in [5, 5.41) is 31.2. The normalized spacial score (nSPS) is 22.1. The first-order chi connectivity index (χ1) is 38.4. The first-order valence-electron chi connectivity index (χ1n) is 27.3. The predicted molar refractivity (Wildman–Crippen MR) is 295 cm³/mol. The second kappa shape index (κ2) is 20.5. The quantitative estimate of drug-likeness (QED) is 0.101. The van der Waals surface area contributed by atoms with Gasteiger partial charge in [0.15, 0.2) is 11.6 Å². The molecule has 12 nitrogen and oxygen atoms in total. The van der Waals surface area contributed by atoms with Crippen LogP contribution in [0, 0.1) is 58.0 Å². The number of ketones is 2. The zero-order valence-corrected chi connectivity index (χ0v) is 44.2. The molecule has 6 atom stereocenters. The van der Waals surface area contributed by atoms with Crippen molar-refractivity contribution in [1.29, 1.82) is 10.5 Å². The van der Waals surface area contributed by atoms with Gasteiger partial charge in [0.25, 0.3) is 0 Å². The molecule has 392 valence electrons. The van der Waals surface area contributed by atoms with E-state index in [0.29, 0.717) is 36.9 Å². The Bertz CT molecular complexity index is 3850. The van der Waals surface area contributed by atoms with Crippen LogP contribution in [-0.4, -0.2) is 51.1 Å². The molecule has 0 saturated heterocycles. The van der Waals surface area contributed by atoms with Crippen molar-refractivity contribution in [3.63, 3.8) is 0 Å². The monoisotopic (exact) mass is 1050 g/mol. The number of allylic oxidation sites excluding steroid dienone is 4. The summed E-state index contributed by atoms with van der Waals surface area (Å²) in [5.41, 5.74) is 12.0. The number of benzene rings is 3. The Balaban J connectivity index is 0.793. The van der Waals surface area contributed by atoms with E-state index in [0.717, 1.165) is 112 Å². The molecule has 0 N–H and O–H groups in total. The van der Waals surface area contributed by atoms with Crippen LogP contribution in [-0.2, 0) is 39.7 Å². The zero-order valence-electron chi connectivity index (χ0n) is 44.2. The number of aryl methyl sites for hydroxylation is 1. The molecule has 0 saturated carbocycles. The van der Waals surface area contributed by atoms with Crippen molar-refractivity contribution in [3.8, 4) is 68.4 Å². The maximum atomic E-state index is 14.3. The van der Waals surface area contributed by atoms with E-state index in [4.69, 9.17) is 10.2 Å². The molecule has 0 spiro atoms. The average Bonchev–Trinajstić information content (AvgIpc) is 4.24. The third-order valence-electron chi connectivity index (χ3n) is 17.4. The van der Waals surface area contributed by atoms with Gasteiger partial charge in [-0.3, -0.25) is 19.6 Å². The number of carbonyl (C=O) groups is 2. The van der Waals surface area contributed by atoms with Crippen LogP contribution >= 0.6 is 0 Å². The highest BCUT2D eigenvalue weighted by Gasteiger charge is 2.53. The van der Waals surface area contributed by atoms with Crippen molar-refractivity contribution >= 4 is 11.6 Å². The van der Waals surface area contributed by atoms with E-state index >= 15 is 0 Å². The number of unbranched alkanes of at least 4 members (excludes halogenated alkanes) is 1. The van der Waals surface area contributed by atoms with Crippen molar-refractivity contribution in [2.45, 2.75) is 95.8 Å². The Labute approximate surface area is 457 Å². The Morgan fingerprint density at radius 1 is 0.608 bits per heavy atom. The highest BCUT2D eigenvalue weighted by atomic mass is 19.1. The highest BCUT2D eigenvalue weighted by Crippen LogP contribution is 2.55. The van der Waals surface area contributed by atoms with Crippen LogP contribution in [0.25, 0.3) is 56.3 Å².